The first-order chi connectivity index (χ1) is 2.41. The topological polar surface area (TPSA) is 58.7 Å². The van der Waals surface area contributed by atoms with Crippen LogP contribution >= 0.6 is 0 Å². The molecule has 0 atom stereocenters. The zero-order valence-corrected chi connectivity index (χ0v) is 2.50. The predicted molar refractivity (Wildman–Crippen MR) is 19.1 cm³/mol. The zero-order valence-electron chi connectivity index (χ0n) is 2.50. The summed E-state index contributed by atoms with van der Waals surface area (Å²) in [6.45, 7) is 0. The maximum atomic E-state index is 7.63. The molecule has 0 saturated heterocycles. The Hall–Kier alpha value is -0.950. The summed E-state index contributed by atoms with van der Waals surface area (Å²) in [6, 6.07) is 0. The Labute approximate surface area is 29.4 Å². The van der Waals surface area contributed by atoms with Crippen LogP contribution in [0.3, 0.4) is 0 Å². The Morgan fingerprint density at radius 3 is 2.20 bits per heavy atom. The van der Waals surface area contributed by atoms with Gasteiger partial charge in [0, 0.05) is 0 Å². The molecule has 0 aromatic rings. The number of hydrogen-bond donors (Lipinski definition) is 0. The molecule has 0 saturated carbocycles. The summed E-state index contributed by atoms with van der Waals surface area (Å²) in [5.74, 6) is 0. The van der Waals surface area contributed by atoms with E-state index in [-0.39, 0.29) is 0 Å². The SMILES string of the molecule is [N-]=CC=[N+]=[N-]. The smallest absolute Gasteiger partial charge is 0.257 e. The number of nitrogens with zero attached hydrogens (tertiary/aromatic N) is 3. The van der Waals surface area contributed by atoms with Crippen molar-refractivity contribution in [1.82, 2.24) is 0 Å². The van der Waals surface area contributed by atoms with Gasteiger partial charge >= 0.3 is 0 Å². The molecule has 0 bridgehead atoms. The van der Waals surface area contributed by atoms with E-state index < -0.39 is 0 Å². The highest BCUT2D eigenvalue weighted by molar-refractivity contribution is 6.14. The Bertz CT molecular complexity index is 69.0. The van der Waals surface area contributed by atoms with Crippen LogP contribution in [0.25, 0.3) is 10.9 Å². The molecule has 0 aromatic carbocycles. The molecule has 0 aliphatic rings. The van der Waals surface area contributed by atoms with Crippen LogP contribution < -0.4 is 0 Å². The molecule has 0 heterocycles. The number of hydrogen-bond acceptors (Lipinski definition) is 0. The van der Waals surface area contributed by atoms with Crippen LogP contribution in [-0.2, 0) is 0 Å². The highest BCUT2D eigenvalue weighted by atomic mass is 14.8. The third-order valence-corrected chi connectivity index (χ3v) is 0.133. The van der Waals surface area contributed by atoms with Gasteiger partial charge in [-0.25, -0.2) is 0 Å². The first-order valence-corrected chi connectivity index (χ1v) is 1.05. The van der Waals surface area contributed by atoms with Gasteiger partial charge in [0.05, 0.1) is 0 Å². The maximum Gasteiger partial charge on any atom is 0.257 e. The van der Waals surface area contributed by atoms with E-state index in [0.29, 0.717) is 6.21 Å². The van der Waals surface area contributed by atoms with Gasteiger partial charge in [0.2, 0.25) is 0 Å². The summed E-state index contributed by atoms with van der Waals surface area (Å²) >= 11 is 0. The summed E-state index contributed by atoms with van der Waals surface area (Å²) in [5, 5.41) is 7.63. The molecule has 26 valence electrons. The molecule has 3 heteroatoms. The summed E-state index contributed by atoms with van der Waals surface area (Å²) < 4.78 is 0. The Balaban J connectivity index is 3.31. The minimum absolute atomic E-state index is 0.639. The molecule has 0 spiro atoms. The first-order valence-electron chi connectivity index (χ1n) is 1.05. The van der Waals surface area contributed by atoms with Crippen LogP contribution in [-0.4, -0.2) is 17.2 Å². The lowest BCUT2D eigenvalue weighted by Gasteiger charge is -1.55. The van der Waals surface area contributed by atoms with Gasteiger partial charge in [-0.3, -0.25) is 0 Å². The van der Waals surface area contributed by atoms with Gasteiger partial charge in [0.15, 0.2) is 0 Å². The third-order valence-electron chi connectivity index (χ3n) is 0.133. The van der Waals surface area contributed by atoms with Gasteiger partial charge in [0.25, 0.3) is 6.21 Å². The molecular weight excluding hydrogens is 66.0 g/mol. The molecule has 0 aliphatic carbocycles. The second-order valence-electron chi connectivity index (χ2n) is 0.414. The quantitative estimate of drug-likeness (QED) is 0.234. The molecular formula is C2H2N3-. The van der Waals surface area contributed by atoms with Crippen molar-refractivity contribution >= 4 is 12.4 Å². The summed E-state index contributed by atoms with van der Waals surface area (Å²) in [6.07, 6.45) is 1.50. The standard InChI is InChI=1S/C2H2N3/c3-1-2-5-4/h1-2H/q-1. The molecule has 0 radical (unpaired) electrons. The maximum absolute atomic E-state index is 7.63. The highest BCUT2D eigenvalue weighted by Crippen LogP contribution is 1.23. The van der Waals surface area contributed by atoms with E-state index in [1.807, 2.05) is 0 Å². The molecule has 0 N–H and O–H groups in total. The second kappa shape index (κ2) is 3.05. The fraction of sp³-hybridized carbons (Fsp3) is 0. The van der Waals surface area contributed by atoms with E-state index in [9.17, 15) is 0 Å². The van der Waals surface area contributed by atoms with E-state index in [2.05, 4.69) is 4.79 Å². The van der Waals surface area contributed by atoms with Crippen molar-refractivity contribution < 1.29 is 4.79 Å². The molecule has 0 aliphatic heterocycles. The second-order valence-corrected chi connectivity index (χ2v) is 0.414. The molecule has 5 heavy (non-hydrogen) atoms. The first kappa shape index (κ1) is 4.05. The Morgan fingerprint density at radius 1 is 1.60 bits per heavy atom. The average Bonchev–Trinajstić information content (AvgIpc) is 1.41. The lowest BCUT2D eigenvalue weighted by atomic mass is 10.8. The monoisotopic (exact) mass is 68.0 g/mol. The van der Waals surface area contributed by atoms with E-state index in [0.717, 1.165) is 6.21 Å². The lowest BCUT2D eigenvalue weighted by molar-refractivity contribution is 0.00703. The fourth-order valence-corrected chi connectivity index (χ4v) is 0.0298. The largest absolute Gasteiger partial charge is 0.805 e. The summed E-state index contributed by atoms with van der Waals surface area (Å²) in [7, 11) is 0. The molecule has 0 rings (SSSR count). The third kappa shape index (κ3) is 3.05. The minimum atomic E-state index is 0.639. The van der Waals surface area contributed by atoms with Crippen LogP contribution in [0.1, 0.15) is 0 Å². The van der Waals surface area contributed by atoms with Gasteiger partial charge < -0.3 is 10.9 Å². The van der Waals surface area contributed by atoms with E-state index in [1.54, 1.807) is 0 Å². The van der Waals surface area contributed by atoms with Crippen molar-refractivity contribution in [3.05, 3.63) is 10.9 Å². The van der Waals surface area contributed by atoms with Gasteiger partial charge in [-0.05, 0) is 0 Å². The van der Waals surface area contributed by atoms with Crippen LogP contribution in [0.4, 0.5) is 0 Å². The summed E-state index contributed by atoms with van der Waals surface area (Å²) in [4.78, 5) is 2.42. The molecule has 0 fully saturated rings. The van der Waals surface area contributed by atoms with Crippen LogP contribution in [0.5, 0.6) is 0 Å². The van der Waals surface area contributed by atoms with Crippen molar-refractivity contribution in [2.75, 3.05) is 0 Å². The Kier molecular flexibility index (Phi) is 2.47. The zero-order chi connectivity index (χ0) is 4.12. The fourth-order valence-electron chi connectivity index (χ4n) is 0.0298. The van der Waals surface area contributed by atoms with Gasteiger partial charge in [-0.1, -0.05) is 0 Å². The normalized spacial score (nSPS) is 4.80. The van der Waals surface area contributed by atoms with Crippen LogP contribution in [0, 0.1) is 0 Å². The van der Waals surface area contributed by atoms with Crippen molar-refractivity contribution in [3.63, 3.8) is 0 Å². The summed E-state index contributed by atoms with van der Waals surface area (Å²) in [5.41, 5.74) is 7.44. The molecule has 0 amide bonds. The van der Waals surface area contributed by atoms with Gasteiger partial charge in [-0.2, -0.15) is 4.79 Å². The molecule has 3 nitrogen and oxygen atoms in total. The van der Waals surface area contributed by atoms with Gasteiger partial charge in [-0.15, -0.1) is 6.21 Å². The number of rotatable bonds is 1. The van der Waals surface area contributed by atoms with E-state index in [4.69, 9.17) is 10.9 Å². The van der Waals surface area contributed by atoms with Crippen molar-refractivity contribution in [2.24, 2.45) is 0 Å². The van der Waals surface area contributed by atoms with Gasteiger partial charge in [0.1, 0.15) is 0 Å². The molecule has 0 aromatic heterocycles. The van der Waals surface area contributed by atoms with Crippen molar-refractivity contribution in [2.45, 2.75) is 0 Å². The van der Waals surface area contributed by atoms with Crippen molar-refractivity contribution in [1.29, 1.82) is 0 Å². The van der Waals surface area contributed by atoms with E-state index in [1.165, 1.54) is 0 Å². The highest BCUT2D eigenvalue weighted by Gasteiger charge is 1.41. The van der Waals surface area contributed by atoms with Crippen molar-refractivity contribution in [3.8, 4) is 0 Å². The molecule has 0 unspecified atom stereocenters. The van der Waals surface area contributed by atoms with Crippen LogP contribution in [0.2, 0.25) is 0 Å². The average molecular weight is 68.1 g/mol. The Morgan fingerprint density at radius 2 is 2.20 bits per heavy atom. The van der Waals surface area contributed by atoms with Crippen LogP contribution in [0.15, 0.2) is 0 Å². The van der Waals surface area contributed by atoms with E-state index >= 15 is 0 Å². The minimum Gasteiger partial charge on any atom is -0.805 e. The predicted octanol–water partition coefficient (Wildman–Crippen LogP) is -0.0728. The lowest BCUT2D eigenvalue weighted by Crippen LogP contribution is -1.65.